The van der Waals surface area contributed by atoms with Gasteiger partial charge in [-0.05, 0) is 51.3 Å². The van der Waals surface area contributed by atoms with Gasteiger partial charge in [-0.15, -0.1) is 0 Å². The summed E-state index contributed by atoms with van der Waals surface area (Å²) in [6.45, 7) is 4.79. The molecular formula is C27H36N2O12. The highest BCUT2D eigenvalue weighted by Crippen LogP contribution is 2.29. The van der Waals surface area contributed by atoms with Gasteiger partial charge < -0.3 is 50.0 Å². The number of nitrogens with one attached hydrogen (secondary N) is 1. The second-order valence-electron chi connectivity index (χ2n) is 10.8. The Morgan fingerprint density at radius 2 is 1.78 bits per heavy atom. The largest absolute Gasteiger partial charge is 0.479 e. The van der Waals surface area contributed by atoms with E-state index in [4.69, 9.17) is 14.2 Å². The molecule has 0 aromatic heterocycles. The average molecular weight is 581 g/mol. The van der Waals surface area contributed by atoms with E-state index in [1.165, 1.54) is 12.2 Å². The van der Waals surface area contributed by atoms with Crippen molar-refractivity contribution < 1.29 is 58.9 Å². The van der Waals surface area contributed by atoms with Crippen molar-refractivity contribution in [1.29, 1.82) is 0 Å². The summed E-state index contributed by atoms with van der Waals surface area (Å²) >= 11 is 0. The first kappa shape index (κ1) is 32.0. The molecule has 41 heavy (non-hydrogen) atoms. The topological polar surface area (TPSA) is 212 Å². The number of hydrogen-bond donors (Lipinski definition) is 6. The zero-order chi connectivity index (χ0) is 30.5. The Hall–Kier alpha value is -3.56. The minimum Gasteiger partial charge on any atom is -0.479 e. The minimum absolute atomic E-state index is 0.0825. The van der Waals surface area contributed by atoms with Crippen LogP contribution >= 0.6 is 0 Å². The molecule has 2 amide bonds. The predicted molar refractivity (Wildman–Crippen MR) is 139 cm³/mol. The number of esters is 1. The molecule has 2 unspecified atom stereocenters. The van der Waals surface area contributed by atoms with Crippen molar-refractivity contribution in [3.63, 3.8) is 0 Å². The number of rotatable bonds is 11. The molecule has 6 N–H and O–H groups in total. The molecule has 0 bridgehead atoms. The van der Waals surface area contributed by atoms with Crippen LogP contribution in [0.5, 0.6) is 5.75 Å². The second-order valence-corrected chi connectivity index (χ2v) is 10.8. The van der Waals surface area contributed by atoms with E-state index in [0.717, 1.165) is 4.90 Å². The first-order valence-electron chi connectivity index (χ1n) is 13.0. The van der Waals surface area contributed by atoms with Gasteiger partial charge in [0.25, 0.3) is 0 Å². The Morgan fingerprint density at radius 1 is 1.07 bits per heavy atom. The second kappa shape index (κ2) is 13.4. The van der Waals surface area contributed by atoms with E-state index in [9.17, 15) is 44.7 Å². The first-order valence-corrected chi connectivity index (χ1v) is 13.0. The summed E-state index contributed by atoms with van der Waals surface area (Å²) in [5, 5.41) is 52.2. The van der Waals surface area contributed by atoms with Crippen LogP contribution in [0.4, 0.5) is 0 Å². The zero-order valence-electron chi connectivity index (χ0n) is 22.9. The highest BCUT2D eigenvalue weighted by molar-refractivity contribution is 5.93. The maximum atomic E-state index is 12.3. The van der Waals surface area contributed by atoms with Gasteiger partial charge in [-0.2, -0.15) is 0 Å². The number of aliphatic carboxylic acids is 1. The number of carboxylic acids is 1. The van der Waals surface area contributed by atoms with Gasteiger partial charge in [0.1, 0.15) is 43.4 Å². The standard InChI is InChI=1S/C27H36N2O12/c1-27(2,3)26(38)39-13-15-7-6-14(5-4-10-28-17(30)12-29-18(31)8-9-19(29)32)11-16(15)40-25-22(35)20(33)21(34)23(41-25)24(36)37/h6-9,11,18,20-23,25,31,33-35H,4-5,10,12-13H2,1-3H3,(H,28,30)(H,36,37)/t18?,20-,21-,22+,23-,25?/m0/s1. The fraction of sp³-hybridized carbons (Fsp3) is 0.556. The molecule has 14 heteroatoms. The first-order chi connectivity index (χ1) is 19.2. The molecule has 0 aliphatic carbocycles. The molecule has 2 aliphatic heterocycles. The van der Waals surface area contributed by atoms with Crippen molar-refractivity contribution in [2.75, 3.05) is 13.1 Å². The van der Waals surface area contributed by atoms with Crippen LogP contribution in [0.15, 0.2) is 30.4 Å². The number of hydrogen-bond acceptors (Lipinski definition) is 11. The molecule has 2 aliphatic rings. The molecule has 1 fully saturated rings. The van der Waals surface area contributed by atoms with E-state index in [0.29, 0.717) is 24.0 Å². The van der Waals surface area contributed by atoms with Crippen LogP contribution in [0.1, 0.15) is 38.3 Å². The van der Waals surface area contributed by atoms with Crippen molar-refractivity contribution in [3.05, 3.63) is 41.5 Å². The van der Waals surface area contributed by atoms with E-state index in [2.05, 4.69) is 5.32 Å². The maximum Gasteiger partial charge on any atom is 0.335 e. The molecule has 226 valence electrons. The Morgan fingerprint density at radius 3 is 2.39 bits per heavy atom. The number of carbonyl (C=O) groups excluding carboxylic acids is 3. The lowest BCUT2D eigenvalue weighted by molar-refractivity contribution is -0.271. The molecule has 0 spiro atoms. The van der Waals surface area contributed by atoms with Crippen molar-refractivity contribution in [2.45, 2.75) is 77.2 Å². The number of aryl methyl sites for hydroxylation is 1. The van der Waals surface area contributed by atoms with Gasteiger partial charge in [0.15, 0.2) is 6.10 Å². The van der Waals surface area contributed by atoms with Gasteiger partial charge in [-0.25, -0.2) is 4.79 Å². The Labute approximate surface area is 236 Å². The van der Waals surface area contributed by atoms with Gasteiger partial charge in [0.05, 0.1) is 5.41 Å². The van der Waals surface area contributed by atoms with Gasteiger partial charge in [-0.3, -0.25) is 14.4 Å². The Kier molecular flexibility index (Phi) is 10.4. The van der Waals surface area contributed by atoms with Crippen LogP contribution in [0.25, 0.3) is 0 Å². The van der Waals surface area contributed by atoms with Gasteiger partial charge in [0.2, 0.25) is 18.1 Å². The molecule has 1 aromatic carbocycles. The van der Waals surface area contributed by atoms with E-state index >= 15 is 0 Å². The Balaban J connectivity index is 1.68. The molecule has 0 saturated carbocycles. The zero-order valence-corrected chi connectivity index (χ0v) is 22.9. The van der Waals surface area contributed by atoms with E-state index in [1.54, 1.807) is 39.0 Å². The van der Waals surface area contributed by atoms with Crippen LogP contribution < -0.4 is 10.1 Å². The quantitative estimate of drug-likeness (QED) is 0.135. The van der Waals surface area contributed by atoms with Crippen LogP contribution in [-0.4, -0.2) is 104 Å². The van der Waals surface area contributed by atoms with Crippen molar-refractivity contribution in [1.82, 2.24) is 10.2 Å². The predicted octanol–water partition coefficient (Wildman–Crippen LogP) is -1.19. The fourth-order valence-corrected chi connectivity index (χ4v) is 4.02. The minimum atomic E-state index is -1.89. The lowest BCUT2D eigenvalue weighted by Gasteiger charge is -2.38. The summed E-state index contributed by atoms with van der Waals surface area (Å²) in [5.41, 5.74) is 0.292. The summed E-state index contributed by atoms with van der Waals surface area (Å²) in [7, 11) is 0. The van der Waals surface area contributed by atoms with E-state index in [1.807, 2.05) is 0 Å². The number of nitrogens with zero attached hydrogens (tertiary/aromatic N) is 1. The lowest BCUT2D eigenvalue weighted by Crippen LogP contribution is -2.61. The Bertz CT molecular complexity index is 1160. The van der Waals surface area contributed by atoms with Gasteiger partial charge in [0, 0.05) is 18.2 Å². The van der Waals surface area contributed by atoms with Gasteiger partial charge in [-0.1, -0.05) is 12.1 Å². The number of aliphatic hydroxyl groups is 4. The third-order valence-electron chi connectivity index (χ3n) is 6.45. The van der Waals surface area contributed by atoms with E-state index in [-0.39, 0.29) is 25.4 Å². The van der Waals surface area contributed by atoms with Crippen LogP contribution in [0.2, 0.25) is 0 Å². The maximum absolute atomic E-state index is 12.3. The number of carboxylic acid groups (broad SMARTS) is 1. The summed E-state index contributed by atoms with van der Waals surface area (Å²) < 4.78 is 16.4. The monoisotopic (exact) mass is 580 g/mol. The third kappa shape index (κ3) is 8.24. The third-order valence-corrected chi connectivity index (χ3v) is 6.45. The summed E-state index contributed by atoms with van der Waals surface area (Å²) in [4.78, 5) is 48.6. The normalized spacial score (nSPS) is 26.1. The van der Waals surface area contributed by atoms with Crippen molar-refractivity contribution in [2.24, 2.45) is 5.41 Å². The van der Waals surface area contributed by atoms with E-state index < -0.39 is 66.1 Å². The summed E-state index contributed by atoms with van der Waals surface area (Å²) in [5.74, 6) is -2.87. The number of ether oxygens (including phenoxy) is 3. The fourth-order valence-electron chi connectivity index (χ4n) is 4.02. The van der Waals surface area contributed by atoms with Gasteiger partial charge >= 0.3 is 11.9 Å². The average Bonchev–Trinajstić information content (AvgIpc) is 3.21. The molecule has 0 radical (unpaired) electrons. The van der Waals surface area contributed by atoms with Crippen molar-refractivity contribution in [3.8, 4) is 5.75 Å². The number of amides is 2. The summed E-state index contributed by atoms with van der Waals surface area (Å²) in [6.07, 6.45) is -6.85. The summed E-state index contributed by atoms with van der Waals surface area (Å²) in [6, 6.07) is 4.91. The smallest absolute Gasteiger partial charge is 0.335 e. The molecule has 6 atom stereocenters. The highest BCUT2D eigenvalue weighted by atomic mass is 16.7. The highest BCUT2D eigenvalue weighted by Gasteiger charge is 2.48. The lowest BCUT2D eigenvalue weighted by atomic mass is 9.97. The van der Waals surface area contributed by atoms with Crippen molar-refractivity contribution >= 4 is 23.8 Å². The number of aliphatic hydroxyl groups excluding tert-OH is 4. The van der Waals surface area contributed by atoms with Crippen LogP contribution in [-0.2, 0) is 41.7 Å². The molecule has 2 heterocycles. The molecule has 3 rings (SSSR count). The SMILES string of the molecule is CC(C)(C)C(=O)OCc1ccc(CCCNC(=O)CN2C(=O)C=CC2O)cc1OC1O[C@H](C(=O)O)[C@@H](O)[C@H](O)[C@H]1O. The molecule has 14 nitrogen and oxygen atoms in total. The molecule has 1 aromatic rings. The number of carbonyl (C=O) groups is 4. The molecule has 1 saturated heterocycles. The van der Waals surface area contributed by atoms with Crippen LogP contribution in [0.3, 0.4) is 0 Å². The number of benzene rings is 1. The molecular weight excluding hydrogens is 544 g/mol. The van der Waals surface area contributed by atoms with Crippen LogP contribution in [0, 0.1) is 5.41 Å².